The zero-order valence-corrected chi connectivity index (χ0v) is 17.8. The van der Waals surface area contributed by atoms with Crippen molar-refractivity contribution in [3.63, 3.8) is 0 Å². The van der Waals surface area contributed by atoms with Gasteiger partial charge >= 0.3 is 0 Å². The molecule has 0 saturated carbocycles. The molecule has 3 atom stereocenters. The van der Waals surface area contributed by atoms with Crippen molar-refractivity contribution in [2.75, 3.05) is 4.90 Å². The molecule has 0 aromatic heterocycles. The van der Waals surface area contributed by atoms with Crippen LogP contribution >= 0.6 is 11.6 Å². The second-order valence-electron chi connectivity index (χ2n) is 8.07. The number of Topliss-reactive ketones (excluding diaryl/α,β-unsaturated/α-hetero) is 1. The summed E-state index contributed by atoms with van der Waals surface area (Å²) >= 11 is 6.12. The largest absolute Gasteiger partial charge is 0.351 e. The van der Waals surface area contributed by atoms with Gasteiger partial charge in [-0.15, -0.1) is 0 Å². The van der Waals surface area contributed by atoms with E-state index in [1.807, 2.05) is 71.6 Å². The van der Waals surface area contributed by atoms with Crippen molar-refractivity contribution in [3.05, 3.63) is 107 Å². The summed E-state index contributed by atoms with van der Waals surface area (Å²) in [5, 5.41) is 21.3. The maximum Gasteiger partial charge on any atom is 0.185 e. The first-order chi connectivity index (χ1) is 15.6. The van der Waals surface area contributed by atoms with E-state index in [4.69, 9.17) is 11.6 Å². The van der Waals surface area contributed by atoms with Crippen LogP contribution in [0.4, 0.5) is 5.69 Å². The minimum absolute atomic E-state index is 0.118. The Morgan fingerprint density at radius 3 is 2.25 bits per heavy atom. The summed E-state index contributed by atoms with van der Waals surface area (Å²) in [6, 6.07) is 27.3. The first-order valence-electron chi connectivity index (χ1n) is 10.3. The maximum atomic E-state index is 14.0. The zero-order valence-electron chi connectivity index (χ0n) is 17.0. The molecule has 0 aliphatic carbocycles. The molecule has 0 spiro atoms. The van der Waals surface area contributed by atoms with Crippen molar-refractivity contribution in [3.8, 4) is 12.1 Å². The van der Waals surface area contributed by atoms with Crippen molar-refractivity contribution in [1.82, 2.24) is 0 Å². The number of hydrogen-bond donors (Lipinski definition) is 0. The van der Waals surface area contributed by atoms with Crippen LogP contribution < -0.4 is 4.90 Å². The molecular weight excluding hydrogens is 418 g/mol. The normalized spacial score (nSPS) is 22.3. The van der Waals surface area contributed by atoms with Gasteiger partial charge in [-0.05, 0) is 29.3 Å². The van der Waals surface area contributed by atoms with Crippen LogP contribution in [0, 0.1) is 28.1 Å². The quantitative estimate of drug-likeness (QED) is 0.500. The lowest BCUT2D eigenvalue weighted by atomic mass is 9.69. The van der Waals surface area contributed by atoms with Gasteiger partial charge in [-0.2, -0.15) is 10.5 Å². The number of rotatable bonds is 3. The first kappa shape index (κ1) is 20.1. The third-order valence-corrected chi connectivity index (χ3v) is 6.72. The second-order valence-corrected chi connectivity index (χ2v) is 8.50. The summed E-state index contributed by atoms with van der Waals surface area (Å²) < 4.78 is 0. The predicted molar refractivity (Wildman–Crippen MR) is 124 cm³/mol. The fourth-order valence-corrected chi connectivity index (χ4v) is 5.18. The Kier molecular flexibility index (Phi) is 4.82. The Hall–Kier alpha value is -3.86. The van der Waals surface area contributed by atoms with Gasteiger partial charge in [-0.25, -0.2) is 0 Å². The number of nitrogens with zero attached hydrogens (tertiary/aromatic N) is 3. The highest BCUT2D eigenvalue weighted by Gasteiger charge is 2.63. The molecule has 2 aliphatic heterocycles. The Morgan fingerprint density at radius 1 is 0.906 bits per heavy atom. The third-order valence-electron chi connectivity index (χ3n) is 6.47. The number of hydrogen-bond acceptors (Lipinski definition) is 4. The van der Waals surface area contributed by atoms with E-state index in [0.29, 0.717) is 10.6 Å². The molecule has 0 radical (unpaired) electrons. The van der Waals surface area contributed by atoms with E-state index >= 15 is 0 Å². The van der Waals surface area contributed by atoms with Gasteiger partial charge in [0.15, 0.2) is 11.2 Å². The van der Waals surface area contributed by atoms with Crippen molar-refractivity contribution >= 4 is 29.1 Å². The average molecular weight is 436 g/mol. The molecule has 4 nitrogen and oxygen atoms in total. The highest BCUT2D eigenvalue weighted by molar-refractivity contribution is 6.30. The number of carbonyl (C=O) groups is 1. The van der Waals surface area contributed by atoms with Crippen LogP contribution in [0.2, 0.25) is 5.02 Å². The summed E-state index contributed by atoms with van der Waals surface area (Å²) in [4.78, 5) is 15.9. The molecule has 2 heterocycles. The smallest absolute Gasteiger partial charge is 0.185 e. The molecule has 2 aliphatic rings. The van der Waals surface area contributed by atoms with Gasteiger partial charge in [-0.3, -0.25) is 4.79 Å². The van der Waals surface area contributed by atoms with Crippen LogP contribution in [-0.4, -0.2) is 17.9 Å². The minimum Gasteiger partial charge on any atom is -0.351 e. The van der Waals surface area contributed by atoms with Crippen molar-refractivity contribution in [2.24, 2.45) is 5.41 Å². The molecular formula is C27H18ClN3O. The van der Waals surface area contributed by atoms with Gasteiger partial charge in [0.1, 0.15) is 6.04 Å². The van der Waals surface area contributed by atoms with E-state index in [-0.39, 0.29) is 5.78 Å². The minimum atomic E-state index is -1.45. The van der Waals surface area contributed by atoms with Gasteiger partial charge in [0.25, 0.3) is 0 Å². The lowest BCUT2D eigenvalue weighted by molar-refractivity contribution is 0.0951. The molecule has 5 rings (SSSR count). The standard InChI is InChI=1S/C27H18ClN3O/c28-21-13-10-19(11-14-21)24-25(26(32)20-7-2-1-3-8-20)31-22-9-5-4-6-18(22)12-15-23(31)27(24,16-29)17-30/h1-15,23-25H/t23-,24+,25+/m0/s1. The first-order valence-corrected chi connectivity index (χ1v) is 10.7. The molecule has 1 fully saturated rings. The number of benzene rings is 3. The Balaban J connectivity index is 1.79. The second kappa shape index (κ2) is 7.68. The van der Waals surface area contributed by atoms with Gasteiger partial charge in [0.05, 0.1) is 18.2 Å². The number of halogens is 1. The molecule has 5 heteroatoms. The van der Waals surface area contributed by atoms with E-state index < -0.39 is 23.4 Å². The highest BCUT2D eigenvalue weighted by Crippen LogP contribution is 2.55. The molecule has 0 amide bonds. The fourth-order valence-electron chi connectivity index (χ4n) is 5.05. The summed E-state index contributed by atoms with van der Waals surface area (Å²) in [6.07, 6.45) is 3.82. The summed E-state index contributed by atoms with van der Waals surface area (Å²) in [5.41, 5.74) is 1.64. The Bertz CT molecular complexity index is 1290. The number of carbonyl (C=O) groups excluding carboxylic acids is 1. The number of nitriles is 2. The lowest BCUT2D eigenvalue weighted by Gasteiger charge is -2.35. The van der Waals surface area contributed by atoms with Gasteiger partial charge in [0.2, 0.25) is 0 Å². The van der Waals surface area contributed by atoms with Crippen LogP contribution in [0.5, 0.6) is 0 Å². The van der Waals surface area contributed by atoms with Gasteiger partial charge in [0, 0.05) is 22.2 Å². The van der Waals surface area contributed by atoms with E-state index in [1.54, 1.807) is 24.3 Å². The van der Waals surface area contributed by atoms with E-state index in [9.17, 15) is 15.3 Å². The van der Waals surface area contributed by atoms with Crippen molar-refractivity contribution in [2.45, 2.75) is 18.0 Å². The van der Waals surface area contributed by atoms with Crippen LogP contribution in [0.1, 0.15) is 27.4 Å². The van der Waals surface area contributed by atoms with E-state index in [0.717, 1.165) is 16.8 Å². The number of anilines is 1. The van der Waals surface area contributed by atoms with Crippen molar-refractivity contribution in [1.29, 1.82) is 10.5 Å². The Labute approximate surface area is 191 Å². The summed E-state index contributed by atoms with van der Waals surface area (Å²) in [7, 11) is 0. The number of para-hydroxylation sites is 1. The van der Waals surface area contributed by atoms with Crippen LogP contribution in [0.15, 0.2) is 84.9 Å². The number of fused-ring (bicyclic) bond motifs is 3. The summed E-state index contributed by atoms with van der Waals surface area (Å²) in [6.45, 7) is 0. The molecule has 0 bridgehead atoms. The topological polar surface area (TPSA) is 67.9 Å². The van der Waals surface area contributed by atoms with Gasteiger partial charge < -0.3 is 4.90 Å². The molecule has 0 unspecified atom stereocenters. The molecule has 3 aromatic rings. The van der Waals surface area contributed by atoms with Crippen molar-refractivity contribution < 1.29 is 4.79 Å². The monoisotopic (exact) mass is 435 g/mol. The summed E-state index contributed by atoms with van der Waals surface area (Å²) in [5.74, 6) is -0.781. The van der Waals surface area contributed by atoms with Gasteiger partial charge in [-0.1, -0.05) is 84.4 Å². The Morgan fingerprint density at radius 2 is 1.56 bits per heavy atom. The molecule has 0 N–H and O–H groups in total. The van der Waals surface area contributed by atoms with Crippen LogP contribution in [0.25, 0.3) is 6.08 Å². The lowest BCUT2D eigenvalue weighted by Crippen LogP contribution is -2.44. The third kappa shape index (κ3) is 2.85. The van der Waals surface area contributed by atoms with Crippen LogP contribution in [-0.2, 0) is 0 Å². The number of ketones is 1. The SMILES string of the molecule is N#CC1(C#N)[C@H](c2ccc(Cl)cc2)[C@H](C(=O)c2ccccc2)N2c3ccccc3C=C[C@H]21. The van der Waals surface area contributed by atoms with Crippen LogP contribution in [0.3, 0.4) is 0 Å². The fraction of sp³-hybridized carbons (Fsp3) is 0.148. The molecule has 32 heavy (non-hydrogen) atoms. The molecule has 154 valence electrons. The maximum absolute atomic E-state index is 14.0. The molecule has 3 aromatic carbocycles. The van der Waals surface area contributed by atoms with E-state index in [2.05, 4.69) is 12.1 Å². The average Bonchev–Trinajstić information content (AvgIpc) is 3.15. The predicted octanol–water partition coefficient (Wildman–Crippen LogP) is 5.62. The molecule has 1 saturated heterocycles. The zero-order chi connectivity index (χ0) is 22.3. The van der Waals surface area contributed by atoms with E-state index in [1.165, 1.54) is 0 Å². The highest BCUT2D eigenvalue weighted by atomic mass is 35.5.